The van der Waals surface area contributed by atoms with Crippen LogP contribution in [0.3, 0.4) is 0 Å². The first-order valence-corrected chi connectivity index (χ1v) is 8.08. The van der Waals surface area contributed by atoms with Crippen molar-refractivity contribution >= 4 is 35.0 Å². The Bertz CT molecular complexity index is 315. The van der Waals surface area contributed by atoms with Crippen molar-refractivity contribution in [2.24, 2.45) is 0 Å². The van der Waals surface area contributed by atoms with E-state index in [9.17, 15) is 4.89 Å². The molecule has 0 heterocycles. The molecule has 0 aromatic heterocycles. The van der Waals surface area contributed by atoms with Crippen molar-refractivity contribution in [2.45, 2.75) is 12.8 Å². The highest BCUT2D eigenvalue weighted by atomic mass is 35.5. The maximum Gasteiger partial charge on any atom is 0.0913 e. The lowest BCUT2D eigenvalue weighted by molar-refractivity contribution is 0.627. The topological polar surface area (TPSA) is 20.2 Å². The summed E-state index contributed by atoms with van der Waals surface area (Å²) in [7, 11) is 0. The summed E-state index contributed by atoms with van der Waals surface area (Å²) in [4.78, 5) is 10.1. The van der Waals surface area contributed by atoms with Crippen LogP contribution in [-0.2, 0) is 11.8 Å². The first-order valence-electron chi connectivity index (χ1n) is 4.60. The summed E-state index contributed by atoms with van der Waals surface area (Å²) in [6.07, 6.45) is 0.226. The van der Waals surface area contributed by atoms with Gasteiger partial charge >= 0.3 is 0 Å². The molecule has 1 aromatic rings. The summed E-state index contributed by atoms with van der Waals surface area (Å²) in [6, 6.07) is 9.56. The van der Waals surface area contributed by atoms with E-state index < -0.39 is 6.26 Å². The molecule has 0 aliphatic rings. The van der Waals surface area contributed by atoms with Crippen LogP contribution in [0.2, 0.25) is 0 Å². The molecule has 14 heavy (non-hydrogen) atoms. The average molecular weight is 249 g/mol. The third-order valence-corrected chi connectivity index (χ3v) is 5.48. The number of rotatable bonds is 5. The lowest BCUT2D eigenvalue weighted by Crippen LogP contribution is -2.06. The van der Waals surface area contributed by atoms with Gasteiger partial charge in [-0.1, -0.05) is 42.1 Å². The zero-order valence-electron chi connectivity index (χ0n) is 7.90. The maximum absolute atomic E-state index is 10.1. The fourth-order valence-electron chi connectivity index (χ4n) is 1.21. The third-order valence-electron chi connectivity index (χ3n) is 2.00. The molecule has 0 aliphatic carbocycles. The average Bonchev–Trinajstić information content (AvgIpc) is 2.19. The number of benzene rings is 1. The van der Waals surface area contributed by atoms with Gasteiger partial charge in [0.25, 0.3) is 0 Å². The Hall–Kier alpha value is 0.120. The number of hydrogen-bond acceptors (Lipinski definition) is 1. The predicted octanol–water partition coefficient (Wildman–Crippen LogP) is 2.72. The predicted molar refractivity (Wildman–Crippen MR) is 67.4 cm³/mol. The van der Waals surface area contributed by atoms with E-state index in [0.717, 1.165) is 18.1 Å². The quantitative estimate of drug-likeness (QED) is 0.491. The minimum absolute atomic E-state index is 0.643. The lowest BCUT2D eigenvalue weighted by Gasteiger charge is -2.14. The summed E-state index contributed by atoms with van der Waals surface area (Å²) in [6.45, 7) is 0. The van der Waals surface area contributed by atoms with Crippen LogP contribution in [-0.4, -0.2) is 16.9 Å². The van der Waals surface area contributed by atoms with Gasteiger partial charge in [-0.15, -0.1) is 11.6 Å². The van der Waals surface area contributed by atoms with Crippen molar-refractivity contribution < 1.29 is 4.89 Å². The minimum Gasteiger partial charge on any atom is -0.361 e. The largest absolute Gasteiger partial charge is 0.361 e. The molecule has 1 nitrogen and oxygen atoms in total. The van der Waals surface area contributed by atoms with Crippen molar-refractivity contribution in [3.05, 3.63) is 30.3 Å². The molecule has 0 saturated heterocycles. The van der Waals surface area contributed by atoms with Gasteiger partial charge in [-0.2, -0.15) is 0 Å². The van der Waals surface area contributed by atoms with E-state index in [4.69, 9.17) is 23.4 Å². The van der Waals surface area contributed by atoms with Crippen molar-refractivity contribution in [3.8, 4) is 0 Å². The normalized spacial score (nSPS) is 15.0. The van der Waals surface area contributed by atoms with E-state index >= 15 is 0 Å². The molecular weight excluding hydrogens is 235 g/mol. The molecule has 0 aliphatic heterocycles. The molecular formula is C10H14ClOPS. The Morgan fingerprint density at radius 1 is 1.21 bits per heavy atom. The second-order valence-corrected chi connectivity index (χ2v) is 7.71. The fraction of sp³-hybridized carbons (Fsp3) is 0.400. The highest BCUT2D eigenvalue weighted by molar-refractivity contribution is 8.15. The van der Waals surface area contributed by atoms with Gasteiger partial charge in [-0.05, 0) is 12.8 Å². The first kappa shape index (κ1) is 12.2. The smallest absolute Gasteiger partial charge is 0.0913 e. The second-order valence-electron chi connectivity index (χ2n) is 3.16. The number of halogens is 1. The van der Waals surface area contributed by atoms with Crippen LogP contribution >= 0.6 is 17.9 Å². The zero-order chi connectivity index (χ0) is 10.4. The maximum atomic E-state index is 10.1. The Morgan fingerprint density at radius 2 is 1.86 bits per heavy atom. The number of hydrogen-bond donors (Lipinski definition) is 1. The van der Waals surface area contributed by atoms with E-state index in [1.54, 1.807) is 0 Å². The Labute approximate surface area is 95.2 Å². The van der Waals surface area contributed by atoms with E-state index in [2.05, 4.69) is 0 Å². The van der Waals surface area contributed by atoms with Crippen molar-refractivity contribution in [1.82, 2.24) is 0 Å². The lowest BCUT2D eigenvalue weighted by atomic mass is 10.4. The molecule has 0 saturated carbocycles. The summed E-state index contributed by atoms with van der Waals surface area (Å²) in [5.41, 5.74) is 0. The van der Waals surface area contributed by atoms with Crippen LogP contribution in [0.1, 0.15) is 12.8 Å². The van der Waals surface area contributed by atoms with Gasteiger partial charge in [0.1, 0.15) is 0 Å². The van der Waals surface area contributed by atoms with Crippen LogP contribution < -0.4 is 5.30 Å². The second kappa shape index (κ2) is 5.87. The van der Waals surface area contributed by atoms with Gasteiger partial charge in [0.05, 0.1) is 6.26 Å². The van der Waals surface area contributed by atoms with Crippen LogP contribution in [0.4, 0.5) is 0 Å². The molecule has 1 N–H and O–H groups in total. The summed E-state index contributed by atoms with van der Waals surface area (Å²) >= 11 is 10.8. The molecule has 1 unspecified atom stereocenters. The molecule has 0 amide bonds. The standard InChI is InChI=1S/C10H14ClOPS/c11-8-4-5-9-13(12,14)10-6-2-1-3-7-10/h1-3,6-7H,4-5,8-9H2,(H,12,14). The molecule has 0 spiro atoms. The highest BCUT2D eigenvalue weighted by Gasteiger charge is 2.14. The van der Waals surface area contributed by atoms with E-state index in [1.165, 1.54) is 0 Å². The minimum atomic E-state index is -2.30. The highest BCUT2D eigenvalue weighted by Crippen LogP contribution is 2.40. The summed E-state index contributed by atoms with van der Waals surface area (Å²) in [5, 5.41) is 0.907. The van der Waals surface area contributed by atoms with Crippen LogP contribution in [0.25, 0.3) is 0 Å². The number of unbranched alkanes of at least 4 members (excludes halogenated alkanes) is 1. The van der Waals surface area contributed by atoms with E-state index in [1.807, 2.05) is 30.3 Å². The molecule has 0 radical (unpaired) electrons. The fourth-order valence-corrected chi connectivity index (χ4v) is 3.70. The Kier molecular flexibility index (Phi) is 5.11. The zero-order valence-corrected chi connectivity index (χ0v) is 10.4. The molecule has 0 bridgehead atoms. The van der Waals surface area contributed by atoms with Crippen LogP contribution in [0.15, 0.2) is 30.3 Å². The van der Waals surface area contributed by atoms with Gasteiger partial charge in [-0.3, -0.25) is 0 Å². The van der Waals surface area contributed by atoms with Crippen molar-refractivity contribution in [3.63, 3.8) is 0 Å². The van der Waals surface area contributed by atoms with Gasteiger partial charge in [0.2, 0.25) is 0 Å². The molecule has 4 heteroatoms. The van der Waals surface area contributed by atoms with E-state index in [-0.39, 0.29) is 0 Å². The molecule has 78 valence electrons. The number of alkyl halides is 1. The van der Waals surface area contributed by atoms with Crippen molar-refractivity contribution in [1.29, 1.82) is 0 Å². The summed E-state index contributed by atoms with van der Waals surface area (Å²) in [5.74, 6) is 0.643. The van der Waals surface area contributed by atoms with Gasteiger partial charge in [0, 0.05) is 17.3 Å². The first-order chi connectivity index (χ1) is 6.67. The Morgan fingerprint density at radius 3 is 2.43 bits per heavy atom. The van der Waals surface area contributed by atoms with Gasteiger partial charge in [0.15, 0.2) is 0 Å². The van der Waals surface area contributed by atoms with Crippen LogP contribution in [0.5, 0.6) is 0 Å². The van der Waals surface area contributed by atoms with Gasteiger partial charge in [-0.25, -0.2) is 0 Å². The van der Waals surface area contributed by atoms with Gasteiger partial charge < -0.3 is 4.89 Å². The van der Waals surface area contributed by atoms with E-state index in [0.29, 0.717) is 12.0 Å². The Balaban J connectivity index is 2.62. The molecule has 1 rings (SSSR count). The van der Waals surface area contributed by atoms with Crippen molar-refractivity contribution in [2.75, 3.05) is 12.0 Å². The molecule has 1 aromatic carbocycles. The molecule has 0 fully saturated rings. The molecule has 1 atom stereocenters. The summed E-state index contributed by atoms with van der Waals surface area (Å²) < 4.78 is 0. The SMILES string of the molecule is OP(=S)(CCCCCl)c1ccccc1. The van der Waals surface area contributed by atoms with Crippen LogP contribution in [0, 0.1) is 0 Å². The monoisotopic (exact) mass is 248 g/mol. The third kappa shape index (κ3) is 3.70.